The molecule has 3 N–H and O–H groups in total. The maximum atomic E-state index is 8.89. The first-order chi connectivity index (χ1) is 8.85. The molecule has 2 rings (SSSR count). The van der Waals surface area contributed by atoms with E-state index in [1.165, 1.54) is 0 Å². The molecule has 0 fully saturated rings. The van der Waals surface area contributed by atoms with Crippen molar-refractivity contribution in [2.75, 3.05) is 6.54 Å². The Morgan fingerprint density at radius 1 is 1.11 bits per heavy atom. The van der Waals surface area contributed by atoms with Crippen LogP contribution in [0.5, 0.6) is 0 Å². The fourth-order valence-corrected chi connectivity index (χ4v) is 1.73. The number of benzene rings is 1. The second kappa shape index (κ2) is 5.93. The van der Waals surface area contributed by atoms with Crippen LogP contribution < -0.4 is 5.73 Å². The van der Waals surface area contributed by atoms with Crippen LogP contribution in [0.25, 0.3) is 11.1 Å². The van der Waals surface area contributed by atoms with Gasteiger partial charge in [-0.05, 0) is 18.2 Å². The van der Waals surface area contributed by atoms with E-state index in [-0.39, 0.29) is 0 Å². The summed E-state index contributed by atoms with van der Waals surface area (Å²) in [5, 5.41) is 12.1. The molecule has 0 amide bonds. The van der Waals surface area contributed by atoms with Crippen molar-refractivity contribution >= 4 is 5.71 Å². The number of nitrogens with zero attached hydrogens (tertiary/aromatic N) is 2. The van der Waals surface area contributed by atoms with Crippen molar-refractivity contribution in [2.24, 2.45) is 10.9 Å². The molecule has 2 aromatic rings. The van der Waals surface area contributed by atoms with E-state index in [1.807, 2.05) is 42.5 Å². The van der Waals surface area contributed by atoms with Gasteiger partial charge in [0.2, 0.25) is 0 Å². The van der Waals surface area contributed by atoms with Crippen molar-refractivity contribution in [2.45, 2.75) is 6.42 Å². The molecule has 92 valence electrons. The van der Waals surface area contributed by atoms with Gasteiger partial charge in [0.1, 0.15) is 5.71 Å². The summed E-state index contributed by atoms with van der Waals surface area (Å²) in [4.78, 5) is 4.30. The number of hydrogen-bond donors (Lipinski definition) is 2. The standard InChI is InChI=1S/C14H15N3O/c15-9-8-14(17-18)13-7-6-12(10-16-13)11-4-2-1-3-5-11/h1-7,10,18H,8-9,15H2/b17-14-. The lowest BCUT2D eigenvalue weighted by Crippen LogP contribution is -2.10. The molecule has 0 spiro atoms. The summed E-state index contributed by atoms with van der Waals surface area (Å²) in [6.45, 7) is 0.432. The summed E-state index contributed by atoms with van der Waals surface area (Å²) in [5.74, 6) is 0. The Labute approximate surface area is 106 Å². The second-order valence-electron chi connectivity index (χ2n) is 3.88. The molecule has 4 heteroatoms. The van der Waals surface area contributed by atoms with E-state index in [0.29, 0.717) is 24.4 Å². The van der Waals surface area contributed by atoms with Crippen LogP contribution in [0.15, 0.2) is 53.8 Å². The number of oxime groups is 1. The minimum Gasteiger partial charge on any atom is -0.411 e. The lowest BCUT2D eigenvalue weighted by molar-refractivity contribution is 0.318. The number of hydrogen-bond acceptors (Lipinski definition) is 4. The molecule has 18 heavy (non-hydrogen) atoms. The Kier molecular flexibility index (Phi) is 4.04. The molecule has 0 unspecified atom stereocenters. The largest absolute Gasteiger partial charge is 0.411 e. The van der Waals surface area contributed by atoms with Crippen molar-refractivity contribution in [3.05, 3.63) is 54.4 Å². The summed E-state index contributed by atoms with van der Waals surface area (Å²) in [6.07, 6.45) is 2.28. The Hall–Kier alpha value is -2.20. The van der Waals surface area contributed by atoms with Crippen LogP contribution in [0.4, 0.5) is 0 Å². The molecule has 0 radical (unpaired) electrons. The molecule has 0 saturated heterocycles. The highest BCUT2D eigenvalue weighted by Gasteiger charge is 2.05. The maximum Gasteiger partial charge on any atom is 0.106 e. The van der Waals surface area contributed by atoms with Gasteiger partial charge in [0, 0.05) is 18.2 Å². The van der Waals surface area contributed by atoms with Crippen molar-refractivity contribution in [1.82, 2.24) is 4.98 Å². The summed E-state index contributed by atoms with van der Waals surface area (Å²) in [7, 11) is 0. The maximum absolute atomic E-state index is 8.89. The minimum atomic E-state index is 0.432. The van der Waals surface area contributed by atoms with Gasteiger partial charge in [-0.3, -0.25) is 4.98 Å². The Morgan fingerprint density at radius 3 is 2.44 bits per heavy atom. The normalized spacial score (nSPS) is 11.5. The summed E-state index contributed by atoms with van der Waals surface area (Å²) >= 11 is 0. The van der Waals surface area contributed by atoms with E-state index < -0.39 is 0 Å². The van der Waals surface area contributed by atoms with Crippen molar-refractivity contribution in [3.63, 3.8) is 0 Å². The molecule has 1 aromatic heterocycles. The predicted octanol–water partition coefficient (Wildman–Crippen LogP) is 2.28. The molecular formula is C14H15N3O. The van der Waals surface area contributed by atoms with Gasteiger partial charge in [-0.1, -0.05) is 41.6 Å². The minimum absolute atomic E-state index is 0.432. The van der Waals surface area contributed by atoms with Crippen LogP contribution in [0.2, 0.25) is 0 Å². The lowest BCUT2D eigenvalue weighted by atomic mass is 10.1. The van der Waals surface area contributed by atoms with Crippen molar-refractivity contribution in [1.29, 1.82) is 0 Å². The molecule has 0 bridgehead atoms. The van der Waals surface area contributed by atoms with Crippen LogP contribution in [-0.4, -0.2) is 22.4 Å². The van der Waals surface area contributed by atoms with Gasteiger partial charge in [0.05, 0.1) is 5.69 Å². The van der Waals surface area contributed by atoms with Gasteiger partial charge in [0.25, 0.3) is 0 Å². The highest BCUT2D eigenvalue weighted by atomic mass is 16.4. The van der Waals surface area contributed by atoms with E-state index in [4.69, 9.17) is 10.9 Å². The highest BCUT2D eigenvalue weighted by molar-refractivity contribution is 5.98. The third kappa shape index (κ3) is 2.73. The molecule has 0 aliphatic carbocycles. The van der Waals surface area contributed by atoms with Gasteiger partial charge in [-0.25, -0.2) is 0 Å². The zero-order valence-electron chi connectivity index (χ0n) is 9.95. The first-order valence-corrected chi connectivity index (χ1v) is 5.78. The van der Waals surface area contributed by atoms with Crippen LogP contribution in [0.1, 0.15) is 12.1 Å². The van der Waals surface area contributed by atoms with E-state index in [0.717, 1.165) is 11.1 Å². The van der Waals surface area contributed by atoms with E-state index in [2.05, 4.69) is 10.1 Å². The average Bonchev–Trinajstić information content (AvgIpc) is 2.46. The fraction of sp³-hybridized carbons (Fsp3) is 0.143. The number of aromatic nitrogens is 1. The molecule has 0 atom stereocenters. The number of nitrogens with two attached hydrogens (primary N) is 1. The highest BCUT2D eigenvalue weighted by Crippen LogP contribution is 2.18. The zero-order chi connectivity index (χ0) is 12.8. The summed E-state index contributed by atoms with van der Waals surface area (Å²) < 4.78 is 0. The first-order valence-electron chi connectivity index (χ1n) is 5.78. The first kappa shape index (κ1) is 12.3. The number of pyridine rings is 1. The van der Waals surface area contributed by atoms with Gasteiger partial charge >= 0.3 is 0 Å². The summed E-state index contributed by atoms with van der Waals surface area (Å²) in [6, 6.07) is 13.8. The Morgan fingerprint density at radius 2 is 1.89 bits per heavy atom. The van der Waals surface area contributed by atoms with Crippen LogP contribution >= 0.6 is 0 Å². The van der Waals surface area contributed by atoms with Crippen LogP contribution in [0.3, 0.4) is 0 Å². The van der Waals surface area contributed by atoms with Crippen molar-refractivity contribution < 1.29 is 5.21 Å². The van der Waals surface area contributed by atoms with Crippen molar-refractivity contribution in [3.8, 4) is 11.1 Å². The van der Waals surface area contributed by atoms with Gasteiger partial charge in [-0.15, -0.1) is 0 Å². The molecule has 4 nitrogen and oxygen atoms in total. The quantitative estimate of drug-likeness (QED) is 0.490. The third-order valence-electron chi connectivity index (χ3n) is 2.67. The summed E-state index contributed by atoms with van der Waals surface area (Å²) in [5.41, 5.74) is 8.75. The van der Waals surface area contributed by atoms with Gasteiger partial charge in [0.15, 0.2) is 0 Å². The molecule has 0 aliphatic rings. The second-order valence-corrected chi connectivity index (χ2v) is 3.88. The predicted molar refractivity (Wildman–Crippen MR) is 71.7 cm³/mol. The van der Waals surface area contributed by atoms with Gasteiger partial charge in [-0.2, -0.15) is 0 Å². The van der Waals surface area contributed by atoms with Gasteiger partial charge < -0.3 is 10.9 Å². The SMILES string of the molecule is NCC/C(=N/O)c1ccc(-c2ccccc2)cn1. The average molecular weight is 241 g/mol. The third-order valence-corrected chi connectivity index (χ3v) is 2.67. The monoisotopic (exact) mass is 241 g/mol. The number of rotatable bonds is 4. The van der Waals surface area contributed by atoms with Crippen LogP contribution in [0, 0.1) is 0 Å². The van der Waals surface area contributed by atoms with E-state index in [9.17, 15) is 0 Å². The Balaban J connectivity index is 2.25. The van der Waals surface area contributed by atoms with E-state index in [1.54, 1.807) is 6.20 Å². The topological polar surface area (TPSA) is 71.5 Å². The smallest absolute Gasteiger partial charge is 0.106 e. The van der Waals surface area contributed by atoms with Crippen LogP contribution in [-0.2, 0) is 0 Å². The molecular weight excluding hydrogens is 226 g/mol. The lowest BCUT2D eigenvalue weighted by Gasteiger charge is -2.04. The van der Waals surface area contributed by atoms with E-state index >= 15 is 0 Å². The molecule has 1 aromatic carbocycles. The Bertz CT molecular complexity index is 520. The molecule has 0 aliphatic heterocycles. The molecule has 1 heterocycles. The molecule has 0 saturated carbocycles. The zero-order valence-corrected chi connectivity index (χ0v) is 9.95. The fourth-order valence-electron chi connectivity index (χ4n) is 1.73.